The smallest absolute Gasteiger partial charge is 0.407 e. The van der Waals surface area contributed by atoms with Crippen LogP contribution in [0.5, 0.6) is 0 Å². The first-order valence-electron chi connectivity index (χ1n) is 7.31. The van der Waals surface area contributed by atoms with Crippen LogP contribution in [0, 0.1) is 0 Å². The van der Waals surface area contributed by atoms with Crippen LogP contribution >= 0.6 is 0 Å². The van der Waals surface area contributed by atoms with Crippen molar-refractivity contribution in [2.75, 3.05) is 18.0 Å². The van der Waals surface area contributed by atoms with Gasteiger partial charge in [0.1, 0.15) is 17.4 Å². The van der Waals surface area contributed by atoms with Gasteiger partial charge in [0.2, 0.25) is 0 Å². The molecule has 1 aliphatic rings. The average Bonchev–Trinajstić information content (AvgIpc) is 3.04. The second kappa shape index (κ2) is 5.43. The molecular weight excluding hydrogens is 284 g/mol. The maximum absolute atomic E-state index is 11.8. The van der Waals surface area contributed by atoms with Gasteiger partial charge in [-0.15, -0.1) is 0 Å². The molecule has 1 fully saturated rings. The lowest BCUT2D eigenvalue weighted by molar-refractivity contribution is 0.0509. The molecule has 2 aromatic heterocycles. The van der Waals surface area contributed by atoms with E-state index in [4.69, 9.17) is 4.74 Å². The van der Waals surface area contributed by atoms with Gasteiger partial charge in [-0.1, -0.05) is 0 Å². The van der Waals surface area contributed by atoms with Crippen molar-refractivity contribution in [3.05, 3.63) is 12.7 Å². The number of H-pyrrole nitrogens is 1. The highest BCUT2D eigenvalue weighted by Crippen LogP contribution is 2.23. The molecule has 8 heteroatoms. The number of ether oxygens (including phenoxy) is 1. The van der Waals surface area contributed by atoms with E-state index >= 15 is 0 Å². The van der Waals surface area contributed by atoms with Gasteiger partial charge < -0.3 is 19.9 Å². The highest BCUT2D eigenvalue weighted by molar-refractivity contribution is 5.82. The fourth-order valence-electron chi connectivity index (χ4n) is 2.54. The van der Waals surface area contributed by atoms with Gasteiger partial charge in [-0.2, -0.15) is 0 Å². The molecule has 1 atom stereocenters. The number of hydrogen-bond acceptors (Lipinski definition) is 6. The van der Waals surface area contributed by atoms with Crippen molar-refractivity contribution in [3.8, 4) is 0 Å². The van der Waals surface area contributed by atoms with Crippen LogP contribution in [0.3, 0.4) is 0 Å². The Bertz CT molecular complexity index is 677. The summed E-state index contributed by atoms with van der Waals surface area (Å²) in [5, 5.41) is 2.90. The number of carbonyl (C=O) groups is 1. The predicted octanol–water partition coefficient (Wildman–Crippen LogP) is 1.46. The van der Waals surface area contributed by atoms with Crippen molar-refractivity contribution in [2.45, 2.75) is 38.8 Å². The maximum Gasteiger partial charge on any atom is 0.407 e. The van der Waals surface area contributed by atoms with Gasteiger partial charge in [0, 0.05) is 13.1 Å². The number of carbonyl (C=O) groups excluding carboxylic acids is 1. The zero-order valence-corrected chi connectivity index (χ0v) is 13.0. The number of rotatable bonds is 2. The Balaban J connectivity index is 1.65. The van der Waals surface area contributed by atoms with Gasteiger partial charge in [-0.3, -0.25) is 0 Å². The molecule has 2 N–H and O–H groups in total. The highest BCUT2D eigenvalue weighted by Gasteiger charge is 2.28. The maximum atomic E-state index is 11.8. The predicted molar refractivity (Wildman–Crippen MR) is 81.7 cm³/mol. The van der Waals surface area contributed by atoms with Crippen LogP contribution in [0.15, 0.2) is 12.7 Å². The van der Waals surface area contributed by atoms with E-state index in [0.717, 1.165) is 24.3 Å². The van der Waals surface area contributed by atoms with Gasteiger partial charge in [-0.25, -0.2) is 19.7 Å². The van der Waals surface area contributed by atoms with Crippen molar-refractivity contribution < 1.29 is 9.53 Å². The Morgan fingerprint density at radius 2 is 2.23 bits per heavy atom. The Morgan fingerprint density at radius 3 is 3.00 bits per heavy atom. The zero-order valence-electron chi connectivity index (χ0n) is 13.0. The summed E-state index contributed by atoms with van der Waals surface area (Å²) in [6.07, 6.45) is 3.58. The SMILES string of the molecule is CC(C)(C)OC(=O)NC1CCN(c2ncnc3nc[nH]c23)C1. The van der Waals surface area contributed by atoms with Crippen molar-refractivity contribution in [2.24, 2.45) is 0 Å². The Labute approximate surface area is 128 Å². The number of nitrogens with zero attached hydrogens (tertiary/aromatic N) is 4. The fraction of sp³-hybridized carbons (Fsp3) is 0.571. The molecule has 3 heterocycles. The molecule has 0 aliphatic carbocycles. The number of imidazole rings is 1. The molecule has 2 aromatic rings. The minimum absolute atomic E-state index is 0.0442. The quantitative estimate of drug-likeness (QED) is 0.872. The van der Waals surface area contributed by atoms with Crippen molar-refractivity contribution in [1.82, 2.24) is 25.3 Å². The van der Waals surface area contributed by atoms with Crippen LogP contribution in [-0.4, -0.2) is 50.8 Å². The lowest BCUT2D eigenvalue weighted by Gasteiger charge is -2.22. The van der Waals surface area contributed by atoms with Crippen LogP contribution < -0.4 is 10.2 Å². The van der Waals surface area contributed by atoms with E-state index < -0.39 is 5.60 Å². The molecule has 0 saturated carbocycles. The van der Waals surface area contributed by atoms with Crippen LogP contribution in [-0.2, 0) is 4.74 Å². The summed E-state index contributed by atoms with van der Waals surface area (Å²) in [4.78, 5) is 29.6. The highest BCUT2D eigenvalue weighted by atomic mass is 16.6. The van der Waals surface area contributed by atoms with Crippen LogP contribution in [0.4, 0.5) is 10.6 Å². The van der Waals surface area contributed by atoms with E-state index in [2.05, 4.69) is 30.2 Å². The number of alkyl carbamates (subject to hydrolysis) is 1. The third kappa shape index (κ3) is 3.10. The fourth-order valence-corrected chi connectivity index (χ4v) is 2.54. The molecule has 118 valence electrons. The molecule has 0 radical (unpaired) electrons. The summed E-state index contributed by atoms with van der Waals surface area (Å²) in [5.74, 6) is 0.816. The zero-order chi connectivity index (χ0) is 15.7. The Hall–Kier alpha value is -2.38. The van der Waals surface area contributed by atoms with E-state index in [-0.39, 0.29) is 12.1 Å². The van der Waals surface area contributed by atoms with E-state index in [0.29, 0.717) is 12.2 Å². The lowest BCUT2D eigenvalue weighted by atomic mass is 10.2. The molecule has 0 aromatic carbocycles. The molecule has 0 spiro atoms. The number of anilines is 1. The third-order valence-electron chi connectivity index (χ3n) is 3.41. The number of nitrogens with one attached hydrogen (secondary N) is 2. The minimum Gasteiger partial charge on any atom is -0.444 e. The van der Waals surface area contributed by atoms with Crippen LogP contribution in [0.2, 0.25) is 0 Å². The molecule has 22 heavy (non-hydrogen) atoms. The summed E-state index contributed by atoms with van der Waals surface area (Å²) in [5.41, 5.74) is 0.978. The number of hydrogen-bond donors (Lipinski definition) is 2. The van der Waals surface area contributed by atoms with E-state index in [1.807, 2.05) is 20.8 Å². The molecule has 1 saturated heterocycles. The Morgan fingerprint density at radius 1 is 1.41 bits per heavy atom. The first-order chi connectivity index (χ1) is 10.4. The van der Waals surface area contributed by atoms with E-state index in [9.17, 15) is 4.79 Å². The molecular formula is C14H20N6O2. The summed E-state index contributed by atoms with van der Waals surface area (Å²) in [6, 6.07) is 0.0442. The summed E-state index contributed by atoms with van der Waals surface area (Å²) >= 11 is 0. The first kappa shape index (κ1) is 14.6. The molecule has 1 aliphatic heterocycles. The van der Waals surface area contributed by atoms with Crippen LogP contribution in [0.25, 0.3) is 11.2 Å². The minimum atomic E-state index is -0.489. The standard InChI is InChI=1S/C14H20N6O2/c1-14(2,3)22-13(21)19-9-4-5-20(6-9)12-10-11(16-7-15-10)17-8-18-12/h7-9H,4-6H2,1-3H3,(H,19,21)(H,15,16,17,18). The summed E-state index contributed by atoms with van der Waals surface area (Å²) in [7, 11) is 0. The monoisotopic (exact) mass is 304 g/mol. The van der Waals surface area contributed by atoms with Crippen molar-refractivity contribution in [1.29, 1.82) is 0 Å². The second-order valence-corrected chi connectivity index (χ2v) is 6.38. The molecule has 8 nitrogen and oxygen atoms in total. The number of amides is 1. The van der Waals surface area contributed by atoms with Gasteiger partial charge in [0.25, 0.3) is 0 Å². The molecule has 1 unspecified atom stereocenters. The molecule has 1 amide bonds. The largest absolute Gasteiger partial charge is 0.444 e. The Kier molecular flexibility index (Phi) is 3.59. The van der Waals surface area contributed by atoms with Gasteiger partial charge in [0.15, 0.2) is 11.5 Å². The molecule has 0 bridgehead atoms. The summed E-state index contributed by atoms with van der Waals surface area (Å²) < 4.78 is 5.29. The normalized spacial score (nSPS) is 18.7. The number of fused-ring (bicyclic) bond motifs is 1. The second-order valence-electron chi connectivity index (χ2n) is 6.38. The van der Waals surface area contributed by atoms with Gasteiger partial charge in [0.05, 0.1) is 12.4 Å². The van der Waals surface area contributed by atoms with Crippen molar-refractivity contribution in [3.63, 3.8) is 0 Å². The van der Waals surface area contributed by atoms with E-state index in [1.54, 1.807) is 6.33 Å². The topological polar surface area (TPSA) is 96.0 Å². The third-order valence-corrected chi connectivity index (χ3v) is 3.41. The average molecular weight is 304 g/mol. The van der Waals surface area contributed by atoms with E-state index in [1.165, 1.54) is 6.33 Å². The lowest BCUT2D eigenvalue weighted by Crippen LogP contribution is -2.40. The summed E-state index contributed by atoms with van der Waals surface area (Å²) in [6.45, 7) is 7.05. The van der Waals surface area contributed by atoms with Crippen LogP contribution in [0.1, 0.15) is 27.2 Å². The first-order valence-corrected chi connectivity index (χ1v) is 7.31. The van der Waals surface area contributed by atoms with Gasteiger partial charge >= 0.3 is 6.09 Å². The van der Waals surface area contributed by atoms with Crippen molar-refractivity contribution >= 4 is 23.1 Å². The van der Waals surface area contributed by atoms with Gasteiger partial charge in [-0.05, 0) is 27.2 Å². The number of aromatic nitrogens is 4. The number of aromatic amines is 1. The molecule has 3 rings (SSSR count).